The molecule has 0 unspecified atom stereocenters. The lowest BCUT2D eigenvalue weighted by Gasteiger charge is -2.31. The minimum atomic E-state index is -4.23. The lowest BCUT2D eigenvalue weighted by atomic mass is 9.97. The molecule has 3 rings (SSSR count). The molecule has 1 aliphatic heterocycles. The summed E-state index contributed by atoms with van der Waals surface area (Å²) >= 11 is 0. The average Bonchev–Trinajstić information content (AvgIpc) is 2.69. The molecule has 0 radical (unpaired) electrons. The summed E-state index contributed by atoms with van der Waals surface area (Å²) in [7, 11) is 0. The van der Waals surface area contributed by atoms with Crippen LogP contribution in [0.2, 0.25) is 0 Å². The predicted octanol–water partition coefficient (Wildman–Crippen LogP) is 4.12. The molecule has 0 aromatic heterocycles. The number of rotatable bonds is 5. The summed E-state index contributed by atoms with van der Waals surface area (Å²) in [6.45, 7) is -0.529. The zero-order chi connectivity index (χ0) is 20.9. The van der Waals surface area contributed by atoms with Crippen LogP contribution in [0.15, 0.2) is 54.6 Å². The van der Waals surface area contributed by atoms with Crippen LogP contribution in [-0.4, -0.2) is 42.6 Å². The van der Waals surface area contributed by atoms with Crippen molar-refractivity contribution in [3.63, 3.8) is 0 Å². The number of benzene rings is 2. The second kappa shape index (κ2) is 9.09. The van der Waals surface area contributed by atoms with E-state index in [1.807, 2.05) is 6.07 Å². The lowest BCUT2D eigenvalue weighted by Crippen LogP contribution is -2.42. The second-order valence-corrected chi connectivity index (χ2v) is 6.93. The van der Waals surface area contributed by atoms with Crippen molar-refractivity contribution in [2.45, 2.75) is 19.0 Å². The van der Waals surface area contributed by atoms with Gasteiger partial charge in [-0.1, -0.05) is 18.2 Å². The van der Waals surface area contributed by atoms with Crippen LogP contribution in [0.25, 0.3) is 0 Å². The standard InChI is InChI=1S/C21H21F3N2O3/c22-21(23,24)14-26-12-10-16(11-13-26)20(28)29-18-8-6-17(7-9-18)25-19(27)15-4-2-1-3-5-15/h1-9,16H,10-14H2,(H,25,27). The van der Waals surface area contributed by atoms with Gasteiger partial charge in [0.25, 0.3) is 5.91 Å². The fourth-order valence-electron chi connectivity index (χ4n) is 3.18. The van der Waals surface area contributed by atoms with E-state index in [0.717, 1.165) is 0 Å². The molecule has 154 valence electrons. The predicted molar refractivity (Wildman–Crippen MR) is 102 cm³/mol. The Kier molecular flexibility index (Phi) is 6.53. The third-order valence-electron chi connectivity index (χ3n) is 4.69. The number of amides is 1. The molecule has 29 heavy (non-hydrogen) atoms. The number of carbonyl (C=O) groups excluding carboxylic acids is 2. The maximum Gasteiger partial charge on any atom is 0.401 e. The highest BCUT2D eigenvalue weighted by Crippen LogP contribution is 2.24. The number of anilines is 1. The van der Waals surface area contributed by atoms with Crippen molar-refractivity contribution in [2.24, 2.45) is 5.92 Å². The molecule has 0 spiro atoms. The van der Waals surface area contributed by atoms with Crippen molar-refractivity contribution in [3.8, 4) is 5.75 Å². The Labute approximate surface area is 166 Å². The first-order chi connectivity index (χ1) is 13.8. The SMILES string of the molecule is O=C(Nc1ccc(OC(=O)C2CCN(CC(F)(F)F)CC2)cc1)c1ccccc1. The number of carbonyl (C=O) groups is 2. The number of hydrogen-bond acceptors (Lipinski definition) is 4. The molecule has 1 amide bonds. The van der Waals surface area contributed by atoms with Gasteiger partial charge in [-0.3, -0.25) is 14.5 Å². The van der Waals surface area contributed by atoms with Crippen molar-refractivity contribution >= 4 is 17.6 Å². The van der Waals surface area contributed by atoms with Crippen LogP contribution in [0.4, 0.5) is 18.9 Å². The fourth-order valence-corrected chi connectivity index (χ4v) is 3.18. The zero-order valence-electron chi connectivity index (χ0n) is 15.6. The molecule has 1 heterocycles. The van der Waals surface area contributed by atoms with Gasteiger partial charge in [0.05, 0.1) is 12.5 Å². The largest absolute Gasteiger partial charge is 0.426 e. The van der Waals surface area contributed by atoms with Gasteiger partial charge in [-0.25, -0.2) is 0 Å². The van der Waals surface area contributed by atoms with Gasteiger partial charge in [-0.15, -0.1) is 0 Å². The highest BCUT2D eigenvalue weighted by molar-refractivity contribution is 6.04. The Morgan fingerprint density at radius 2 is 1.62 bits per heavy atom. The quantitative estimate of drug-likeness (QED) is 0.600. The van der Waals surface area contributed by atoms with E-state index in [1.165, 1.54) is 4.90 Å². The van der Waals surface area contributed by atoms with Crippen molar-refractivity contribution in [3.05, 3.63) is 60.2 Å². The van der Waals surface area contributed by atoms with Crippen molar-refractivity contribution in [1.29, 1.82) is 0 Å². The van der Waals surface area contributed by atoms with Gasteiger partial charge in [-0.2, -0.15) is 13.2 Å². The number of piperidine rings is 1. The van der Waals surface area contributed by atoms with Gasteiger partial charge in [0.15, 0.2) is 0 Å². The number of ether oxygens (including phenoxy) is 1. The van der Waals surface area contributed by atoms with Gasteiger partial charge in [-0.05, 0) is 62.3 Å². The smallest absolute Gasteiger partial charge is 0.401 e. The summed E-state index contributed by atoms with van der Waals surface area (Å²) in [5, 5.41) is 2.75. The normalized spacial score (nSPS) is 15.7. The van der Waals surface area contributed by atoms with Crippen LogP contribution in [0, 0.1) is 5.92 Å². The second-order valence-electron chi connectivity index (χ2n) is 6.93. The first-order valence-electron chi connectivity index (χ1n) is 9.27. The van der Waals surface area contributed by atoms with E-state index in [2.05, 4.69) is 5.32 Å². The van der Waals surface area contributed by atoms with E-state index < -0.39 is 24.6 Å². The highest BCUT2D eigenvalue weighted by atomic mass is 19.4. The third kappa shape index (κ3) is 6.32. The van der Waals surface area contributed by atoms with Gasteiger partial charge < -0.3 is 10.1 Å². The molecule has 0 saturated carbocycles. The topological polar surface area (TPSA) is 58.6 Å². The molecule has 0 atom stereocenters. The van der Waals surface area contributed by atoms with Crippen LogP contribution in [0.1, 0.15) is 23.2 Å². The number of halogens is 3. The Morgan fingerprint density at radius 3 is 2.21 bits per heavy atom. The van der Waals surface area contributed by atoms with Crippen molar-refractivity contribution in [2.75, 3.05) is 25.0 Å². The fraction of sp³-hybridized carbons (Fsp3) is 0.333. The first kappa shape index (κ1) is 20.9. The molecule has 1 saturated heterocycles. The average molecular weight is 406 g/mol. The van der Waals surface area contributed by atoms with Crippen LogP contribution in [0.5, 0.6) is 5.75 Å². The number of likely N-dealkylation sites (tertiary alicyclic amines) is 1. The number of esters is 1. The summed E-state index contributed by atoms with van der Waals surface area (Å²) in [5.74, 6) is -0.791. The van der Waals surface area contributed by atoms with E-state index in [1.54, 1.807) is 48.5 Å². The van der Waals surface area contributed by atoms with Gasteiger partial charge >= 0.3 is 12.1 Å². The van der Waals surface area contributed by atoms with Gasteiger partial charge in [0, 0.05) is 11.3 Å². The summed E-state index contributed by atoms with van der Waals surface area (Å²) < 4.78 is 42.6. The third-order valence-corrected chi connectivity index (χ3v) is 4.69. The molecule has 0 aliphatic carbocycles. The molecular formula is C21H21F3N2O3. The number of nitrogens with one attached hydrogen (secondary N) is 1. The maximum atomic E-state index is 12.4. The molecule has 1 aliphatic rings. The molecule has 1 fully saturated rings. The van der Waals surface area contributed by atoms with Gasteiger partial charge in [0.2, 0.25) is 0 Å². The lowest BCUT2D eigenvalue weighted by molar-refractivity contribution is -0.151. The zero-order valence-corrected chi connectivity index (χ0v) is 15.6. The van der Waals surface area contributed by atoms with Crippen LogP contribution in [-0.2, 0) is 4.79 Å². The number of nitrogens with zero attached hydrogens (tertiary/aromatic N) is 1. The van der Waals surface area contributed by atoms with E-state index in [-0.39, 0.29) is 19.0 Å². The molecule has 2 aromatic rings. The van der Waals surface area contributed by atoms with E-state index in [9.17, 15) is 22.8 Å². The summed E-state index contributed by atoms with van der Waals surface area (Å²) in [6, 6.07) is 15.1. The Morgan fingerprint density at radius 1 is 1.00 bits per heavy atom. The minimum absolute atomic E-state index is 0.212. The summed E-state index contributed by atoms with van der Waals surface area (Å²) in [6.07, 6.45) is -3.56. The minimum Gasteiger partial charge on any atom is -0.426 e. The Bertz CT molecular complexity index is 830. The van der Waals surface area contributed by atoms with Crippen molar-refractivity contribution < 1.29 is 27.5 Å². The van der Waals surface area contributed by atoms with E-state index in [0.29, 0.717) is 29.8 Å². The number of alkyl halides is 3. The monoisotopic (exact) mass is 406 g/mol. The van der Waals surface area contributed by atoms with Crippen LogP contribution >= 0.6 is 0 Å². The summed E-state index contributed by atoms with van der Waals surface area (Å²) in [4.78, 5) is 25.7. The van der Waals surface area contributed by atoms with Crippen LogP contribution < -0.4 is 10.1 Å². The summed E-state index contributed by atoms with van der Waals surface area (Å²) in [5.41, 5.74) is 1.08. The Hall–Kier alpha value is -2.87. The van der Waals surface area contributed by atoms with Gasteiger partial charge in [0.1, 0.15) is 5.75 Å². The Balaban J connectivity index is 1.48. The first-order valence-corrected chi connectivity index (χ1v) is 9.27. The van der Waals surface area contributed by atoms with Crippen molar-refractivity contribution in [1.82, 2.24) is 4.90 Å². The maximum absolute atomic E-state index is 12.4. The molecule has 5 nitrogen and oxygen atoms in total. The molecule has 8 heteroatoms. The molecule has 2 aromatic carbocycles. The van der Waals surface area contributed by atoms with E-state index in [4.69, 9.17) is 4.74 Å². The highest BCUT2D eigenvalue weighted by Gasteiger charge is 2.34. The number of hydrogen-bond donors (Lipinski definition) is 1. The van der Waals surface area contributed by atoms with E-state index >= 15 is 0 Å². The molecular weight excluding hydrogens is 385 g/mol. The van der Waals surface area contributed by atoms with Crippen LogP contribution in [0.3, 0.4) is 0 Å². The molecule has 1 N–H and O–H groups in total. The molecule has 0 bridgehead atoms.